The summed E-state index contributed by atoms with van der Waals surface area (Å²) in [5, 5.41) is 19.9. The van der Waals surface area contributed by atoms with Crippen LogP contribution in [0, 0.1) is 6.92 Å². The van der Waals surface area contributed by atoms with Gasteiger partial charge in [-0.2, -0.15) is 16.9 Å². The summed E-state index contributed by atoms with van der Waals surface area (Å²) >= 11 is 2.79. The van der Waals surface area contributed by atoms with Crippen molar-refractivity contribution in [1.29, 1.82) is 0 Å². The maximum Gasteiger partial charge on any atom is 0.330 e. The summed E-state index contributed by atoms with van der Waals surface area (Å²) in [6.45, 7) is 3.42. The van der Waals surface area contributed by atoms with Crippen LogP contribution in [0.15, 0.2) is 6.07 Å². The number of aliphatic carboxylic acids is 1. The van der Waals surface area contributed by atoms with Gasteiger partial charge in [0.15, 0.2) is 0 Å². The summed E-state index contributed by atoms with van der Waals surface area (Å²) < 4.78 is 1.72. The van der Waals surface area contributed by atoms with E-state index in [0.29, 0.717) is 22.8 Å². The Morgan fingerprint density at radius 2 is 2.15 bits per heavy atom. The maximum atomic E-state index is 12.5. The Bertz CT molecular complexity index is 848. The number of carbonyl (C=O) groups is 3. The number of carbonyl (C=O) groups excluding carboxylic acids is 2. The number of thiophene rings is 1. The van der Waals surface area contributed by atoms with Crippen molar-refractivity contribution in [1.82, 2.24) is 20.4 Å². The molecule has 2 unspecified atom stereocenters. The zero-order chi connectivity index (χ0) is 19.1. The third-order valence-electron chi connectivity index (χ3n) is 4.45. The lowest BCUT2D eigenvalue weighted by atomic mass is 9.98. The van der Waals surface area contributed by atoms with E-state index in [0.717, 1.165) is 15.9 Å². The van der Waals surface area contributed by atoms with E-state index < -0.39 is 23.5 Å². The molecule has 2 amide bonds. The van der Waals surface area contributed by atoms with Gasteiger partial charge in [0.1, 0.15) is 16.4 Å². The third-order valence-corrected chi connectivity index (χ3v) is 6.84. The van der Waals surface area contributed by atoms with Gasteiger partial charge in [0.2, 0.25) is 5.91 Å². The van der Waals surface area contributed by atoms with E-state index in [1.54, 1.807) is 17.7 Å². The number of thioether (sulfide) groups is 1. The average Bonchev–Trinajstić information content (AvgIpc) is 3.26. The van der Waals surface area contributed by atoms with Crippen LogP contribution < -0.4 is 10.6 Å². The number of fused-ring (bicyclic) bond motifs is 1. The molecule has 3 N–H and O–H groups in total. The Morgan fingerprint density at radius 1 is 1.42 bits per heavy atom. The lowest BCUT2D eigenvalue weighted by Gasteiger charge is -2.26. The van der Waals surface area contributed by atoms with Gasteiger partial charge in [0.25, 0.3) is 5.91 Å². The molecular weight excluding hydrogens is 376 g/mol. The zero-order valence-electron chi connectivity index (χ0n) is 14.7. The highest BCUT2D eigenvalue weighted by molar-refractivity contribution is 7.99. The Morgan fingerprint density at radius 3 is 2.73 bits per heavy atom. The molecule has 2 aromatic heterocycles. The molecule has 8 nitrogen and oxygen atoms in total. The molecule has 1 fully saturated rings. The Balaban J connectivity index is 1.68. The van der Waals surface area contributed by atoms with Gasteiger partial charge in [-0.1, -0.05) is 0 Å². The van der Waals surface area contributed by atoms with Crippen LogP contribution >= 0.6 is 23.1 Å². The lowest BCUT2D eigenvalue weighted by Crippen LogP contribution is -2.59. The summed E-state index contributed by atoms with van der Waals surface area (Å²) in [4.78, 5) is 37.8. The first kappa shape index (κ1) is 18.7. The van der Waals surface area contributed by atoms with Gasteiger partial charge in [0, 0.05) is 18.2 Å². The van der Waals surface area contributed by atoms with Gasteiger partial charge in [0.05, 0.1) is 10.6 Å². The molecule has 10 heteroatoms. The number of aromatic nitrogens is 2. The molecule has 1 aliphatic heterocycles. The number of nitrogens with one attached hydrogen (secondary N) is 2. The fraction of sp³-hybridized carbons (Fsp3) is 0.500. The quantitative estimate of drug-likeness (QED) is 0.698. The first-order valence-electron chi connectivity index (χ1n) is 8.11. The Hall–Kier alpha value is -2.07. The van der Waals surface area contributed by atoms with Crippen LogP contribution in [0.2, 0.25) is 0 Å². The Labute approximate surface area is 158 Å². The van der Waals surface area contributed by atoms with Crippen LogP contribution in [0.25, 0.3) is 10.2 Å². The maximum absolute atomic E-state index is 12.5. The molecule has 0 aliphatic carbocycles. The molecule has 1 aliphatic rings. The van der Waals surface area contributed by atoms with Gasteiger partial charge in [-0.25, -0.2) is 4.79 Å². The molecule has 0 spiro atoms. The predicted octanol–water partition coefficient (Wildman–Crippen LogP) is 1.14. The van der Waals surface area contributed by atoms with E-state index in [9.17, 15) is 19.5 Å². The van der Waals surface area contributed by atoms with E-state index in [1.807, 2.05) is 14.0 Å². The van der Waals surface area contributed by atoms with E-state index in [4.69, 9.17) is 0 Å². The highest BCUT2D eigenvalue weighted by atomic mass is 32.2. The van der Waals surface area contributed by atoms with Crippen LogP contribution in [-0.2, 0) is 16.6 Å². The molecule has 0 saturated carbocycles. The molecule has 2 atom stereocenters. The number of aryl methyl sites for hydroxylation is 2. The molecule has 0 bridgehead atoms. The van der Waals surface area contributed by atoms with E-state index in [1.165, 1.54) is 23.1 Å². The van der Waals surface area contributed by atoms with Crippen LogP contribution in [-0.4, -0.2) is 55.8 Å². The molecule has 0 radical (unpaired) electrons. The minimum Gasteiger partial charge on any atom is -0.479 e. The molecular formula is C16H20N4O4S2. The van der Waals surface area contributed by atoms with Gasteiger partial charge in [-0.05, 0) is 32.1 Å². The summed E-state index contributed by atoms with van der Waals surface area (Å²) in [5.74, 6) is -0.887. The third kappa shape index (κ3) is 3.30. The minimum absolute atomic E-state index is 0.331. The normalized spacial score (nSPS) is 20.9. The topological polar surface area (TPSA) is 113 Å². The number of hydrogen-bond acceptors (Lipinski definition) is 6. The van der Waals surface area contributed by atoms with Gasteiger partial charge < -0.3 is 15.7 Å². The van der Waals surface area contributed by atoms with Gasteiger partial charge in [-0.15, -0.1) is 11.3 Å². The van der Waals surface area contributed by atoms with Crippen molar-refractivity contribution < 1.29 is 19.5 Å². The minimum atomic E-state index is -1.25. The highest BCUT2D eigenvalue weighted by Crippen LogP contribution is 2.29. The smallest absolute Gasteiger partial charge is 0.330 e. The number of amides is 2. The first-order valence-corrected chi connectivity index (χ1v) is 10.1. The van der Waals surface area contributed by atoms with Crippen molar-refractivity contribution in [2.45, 2.75) is 31.8 Å². The number of carboxylic acids is 1. The van der Waals surface area contributed by atoms with Crippen LogP contribution in [0.4, 0.5) is 0 Å². The predicted molar refractivity (Wildman–Crippen MR) is 101 cm³/mol. The highest BCUT2D eigenvalue weighted by Gasteiger charge is 2.44. The van der Waals surface area contributed by atoms with E-state index in [-0.39, 0.29) is 5.91 Å². The molecule has 3 heterocycles. The SMILES string of the molecule is Cc1nn(C)c2sc(C(=O)NC(C)C(=O)NC3(C(=O)O)CCSC3)cc12. The molecule has 3 rings (SSSR count). The van der Waals surface area contributed by atoms with Gasteiger partial charge >= 0.3 is 5.97 Å². The van der Waals surface area contributed by atoms with E-state index in [2.05, 4.69) is 15.7 Å². The molecule has 26 heavy (non-hydrogen) atoms. The van der Waals surface area contributed by atoms with Crippen molar-refractivity contribution in [2.24, 2.45) is 7.05 Å². The van der Waals surface area contributed by atoms with Crippen molar-refractivity contribution >= 4 is 51.1 Å². The number of hydrogen-bond donors (Lipinski definition) is 3. The second-order valence-electron chi connectivity index (χ2n) is 6.41. The molecule has 0 aromatic carbocycles. The standard InChI is InChI=1S/C16H20N4O4S2/c1-8-10-6-11(26-14(10)20(3)19-8)13(22)17-9(2)12(21)18-16(15(23)24)4-5-25-7-16/h6,9H,4-5,7H2,1-3H3,(H,17,22)(H,18,21)(H,23,24). The fourth-order valence-electron chi connectivity index (χ4n) is 2.88. The molecule has 2 aromatic rings. The van der Waals surface area contributed by atoms with Crippen LogP contribution in [0.3, 0.4) is 0 Å². The second-order valence-corrected chi connectivity index (χ2v) is 8.55. The number of carboxylic acid groups (broad SMARTS) is 1. The molecule has 140 valence electrons. The lowest BCUT2D eigenvalue weighted by molar-refractivity contribution is -0.146. The largest absolute Gasteiger partial charge is 0.479 e. The van der Waals surface area contributed by atoms with Crippen molar-refractivity contribution in [3.05, 3.63) is 16.6 Å². The molecule has 1 saturated heterocycles. The summed E-state index contributed by atoms with van der Waals surface area (Å²) in [5.41, 5.74) is -0.410. The fourth-order valence-corrected chi connectivity index (χ4v) is 5.23. The monoisotopic (exact) mass is 396 g/mol. The van der Waals surface area contributed by atoms with Crippen molar-refractivity contribution in [3.8, 4) is 0 Å². The van der Waals surface area contributed by atoms with Crippen molar-refractivity contribution in [2.75, 3.05) is 11.5 Å². The second kappa shape index (κ2) is 6.92. The van der Waals surface area contributed by atoms with Crippen molar-refractivity contribution in [3.63, 3.8) is 0 Å². The first-order chi connectivity index (χ1) is 12.2. The number of nitrogens with zero attached hydrogens (tertiary/aromatic N) is 2. The summed E-state index contributed by atoms with van der Waals surface area (Å²) in [7, 11) is 1.81. The van der Waals surface area contributed by atoms with Gasteiger partial charge in [-0.3, -0.25) is 14.3 Å². The van der Waals surface area contributed by atoms with Crippen LogP contribution in [0.1, 0.15) is 28.7 Å². The summed E-state index contributed by atoms with van der Waals surface area (Å²) in [6, 6.07) is 0.919. The Kier molecular flexibility index (Phi) is 4.98. The average molecular weight is 396 g/mol. The van der Waals surface area contributed by atoms with Crippen LogP contribution in [0.5, 0.6) is 0 Å². The zero-order valence-corrected chi connectivity index (χ0v) is 16.3. The number of rotatable bonds is 5. The summed E-state index contributed by atoms with van der Waals surface area (Å²) in [6.07, 6.45) is 0.377. The van der Waals surface area contributed by atoms with E-state index >= 15 is 0 Å².